The van der Waals surface area contributed by atoms with Crippen molar-refractivity contribution in [1.29, 1.82) is 5.26 Å². The van der Waals surface area contributed by atoms with E-state index < -0.39 is 0 Å². The minimum Gasteiger partial charge on any atom is -0.192 e. The second-order valence-corrected chi connectivity index (χ2v) is 7.64. The lowest BCUT2D eigenvalue weighted by molar-refractivity contribution is 1.48. The largest absolute Gasteiger partial charge is 0.192 e. The van der Waals surface area contributed by atoms with Crippen molar-refractivity contribution in [3.63, 3.8) is 0 Å². The van der Waals surface area contributed by atoms with Gasteiger partial charge in [0.25, 0.3) is 0 Å². The van der Waals surface area contributed by atoms with Crippen molar-refractivity contribution in [2.75, 3.05) is 0 Å². The zero-order valence-corrected chi connectivity index (χ0v) is 16.3. The molecule has 0 aromatic heterocycles. The van der Waals surface area contributed by atoms with Gasteiger partial charge in [-0.1, -0.05) is 97.1 Å². The lowest BCUT2D eigenvalue weighted by atomic mass is 9.88. The molecule has 0 saturated heterocycles. The smallest absolute Gasteiger partial charge is 0.0998 e. The molecule has 30 heavy (non-hydrogen) atoms. The fourth-order valence-corrected chi connectivity index (χ4v) is 4.81. The van der Waals surface area contributed by atoms with Gasteiger partial charge in [-0.3, -0.25) is 0 Å². The highest BCUT2D eigenvalue weighted by Gasteiger charge is 2.22. The van der Waals surface area contributed by atoms with Crippen LogP contribution in [0.5, 0.6) is 0 Å². The lowest BCUT2D eigenvalue weighted by Gasteiger charge is -2.14. The molecule has 138 valence electrons. The first kappa shape index (κ1) is 16.8. The summed E-state index contributed by atoms with van der Waals surface area (Å²) in [5.41, 5.74) is 10.3. The summed E-state index contributed by atoms with van der Waals surface area (Å²) in [6.07, 6.45) is 0. The number of hydrogen-bond donors (Lipinski definition) is 0. The minimum atomic E-state index is 0.697. The number of hydrogen-bond acceptors (Lipinski definition) is 1. The highest BCUT2D eigenvalue weighted by Crippen LogP contribution is 2.49. The fourth-order valence-electron chi connectivity index (χ4n) is 4.81. The second-order valence-electron chi connectivity index (χ2n) is 7.64. The predicted octanol–water partition coefficient (Wildman–Crippen LogP) is 7.69. The van der Waals surface area contributed by atoms with Crippen LogP contribution in [0.1, 0.15) is 5.56 Å². The van der Waals surface area contributed by atoms with Gasteiger partial charge in [0, 0.05) is 5.56 Å². The summed E-state index contributed by atoms with van der Waals surface area (Å²) >= 11 is 0. The number of benzene rings is 5. The molecule has 0 amide bonds. The van der Waals surface area contributed by atoms with Crippen LogP contribution in [-0.4, -0.2) is 0 Å². The van der Waals surface area contributed by atoms with Crippen molar-refractivity contribution in [2.45, 2.75) is 0 Å². The molecule has 0 fully saturated rings. The summed E-state index contributed by atoms with van der Waals surface area (Å²) in [5, 5.41) is 12.2. The molecule has 0 spiro atoms. The molecule has 0 saturated carbocycles. The Labute approximate surface area is 175 Å². The Hall–Kier alpha value is -4.15. The van der Waals surface area contributed by atoms with Crippen LogP contribution >= 0.6 is 0 Å². The molecule has 1 aliphatic carbocycles. The molecule has 1 aliphatic rings. The molecule has 1 nitrogen and oxygen atoms in total. The van der Waals surface area contributed by atoms with Gasteiger partial charge in [0.15, 0.2) is 0 Å². The van der Waals surface area contributed by atoms with Crippen LogP contribution in [0.4, 0.5) is 0 Å². The first-order chi connectivity index (χ1) is 14.9. The van der Waals surface area contributed by atoms with Gasteiger partial charge in [0.2, 0.25) is 0 Å². The van der Waals surface area contributed by atoms with Crippen molar-refractivity contribution in [2.24, 2.45) is 0 Å². The molecule has 1 heteroatoms. The minimum absolute atomic E-state index is 0.697. The molecule has 0 unspecified atom stereocenters. The Morgan fingerprint density at radius 3 is 1.53 bits per heavy atom. The Bertz CT molecular complexity index is 1470. The SMILES string of the molecule is N#Cc1ccccc1-c1ccccc1-c1ccc2c3c(cccc13)-c1ccccc1-2. The van der Waals surface area contributed by atoms with Crippen LogP contribution in [0.25, 0.3) is 55.3 Å². The van der Waals surface area contributed by atoms with E-state index in [0.717, 1.165) is 16.7 Å². The molecule has 0 radical (unpaired) electrons. The average molecular weight is 379 g/mol. The number of rotatable bonds is 2. The van der Waals surface area contributed by atoms with Gasteiger partial charge in [0.05, 0.1) is 11.6 Å². The van der Waals surface area contributed by atoms with E-state index in [1.807, 2.05) is 30.3 Å². The number of fused-ring (bicyclic) bond motifs is 3. The van der Waals surface area contributed by atoms with Gasteiger partial charge in [-0.25, -0.2) is 0 Å². The van der Waals surface area contributed by atoms with Gasteiger partial charge in [-0.05, 0) is 55.8 Å². The zero-order chi connectivity index (χ0) is 20.1. The van der Waals surface area contributed by atoms with E-state index in [-0.39, 0.29) is 0 Å². The average Bonchev–Trinajstić information content (AvgIpc) is 3.15. The summed E-state index contributed by atoms with van der Waals surface area (Å²) in [6.45, 7) is 0. The van der Waals surface area contributed by atoms with Gasteiger partial charge in [-0.2, -0.15) is 5.26 Å². The molecule has 0 atom stereocenters. The summed E-state index contributed by atoms with van der Waals surface area (Å²) in [6, 6.07) is 38.3. The maximum Gasteiger partial charge on any atom is 0.0998 e. The molecule has 0 bridgehead atoms. The first-order valence-electron chi connectivity index (χ1n) is 10.1. The van der Waals surface area contributed by atoms with Gasteiger partial charge in [-0.15, -0.1) is 0 Å². The molecule has 5 aromatic carbocycles. The van der Waals surface area contributed by atoms with Crippen LogP contribution in [0.2, 0.25) is 0 Å². The molecular formula is C29H17N. The van der Waals surface area contributed by atoms with E-state index in [4.69, 9.17) is 0 Å². The second kappa shape index (κ2) is 6.44. The van der Waals surface area contributed by atoms with Crippen molar-refractivity contribution in [3.8, 4) is 50.6 Å². The van der Waals surface area contributed by atoms with E-state index >= 15 is 0 Å². The third-order valence-corrected chi connectivity index (χ3v) is 6.10. The summed E-state index contributed by atoms with van der Waals surface area (Å²) in [4.78, 5) is 0. The van der Waals surface area contributed by atoms with Crippen LogP contribution < -0.4 is 0 Å². The third kappa shape index (κ3) is 2.28. The van der Waals surface area contributed by atoms with E-state index in [1.165, 1.54) is 38.6 Å². The monoisotopic (exact) mass is 379 g/mol. The molecular weight excluding hydrogens is 362 g/mol. The van der Waals surface area contributed by atoms with Gasteiger partial charge < -0.3 is 0 Å². The fraction of sp³-hybridized carbons (Fsp3) is 0. The van der Waals surface area contributed by atoms with Crippen molar-refractivity contribution in [3.05, 3.63) is 109 Å². The lowest BCUT2D eigenvalue weighted by Crippen LogP contribution is -1.90. The van der Waals surface area contributed by atoms with E-state index in [2.05, 4.69) is 78.9 Å². The molecule has 6 rings (SSSR count). The highest BCUT2D eigenvalue weighted by atomic mass is 14.3. The van der Waals surface area contributed by atoms with E-state index in [0.29, 0.717) is 5.56 Å². The standard InChI is InChI=1S/C29H17N/c30-18-19-8-1-2-9-20(19)21-10-3-4-11-22(21)25-16-17-28-24-13-6-5-12-23(24)26-14-7-15-27(25)29(26)28/h1-17H. The first-order valence-corrected chi connectivity index (χ1v) is 10.1. The summed E-state index contributed by atoms with van der Waals surface area (Å²) < 4.78 is 0. The Morgan fingerprint density at radius 2 is 0.867 bits per heavy atom. The molecule has 0 N–H and O–H groups in total. The maximum atomic E-state index is 9.64. The third-order valence-electron chi connectivity index (χ3n) is 6.10. The maximum absolute atomic E-state index is 9.64. The quantitative estimate of drug-likeness (QED) is 0.302. The van der Waals surface area contributed by atoms with Crippen LogP contribution in [0, 0.1) is 11.3 Å². The van der Waals surface area contributed by atoms with E-state index in [1.54, 1.807) is 0 Å². The summed E-state index contributed by atoms with van der Waals surface area (Å²) in [5.74, 6) is 0. The normalized spacial score (nSPS) is 11.3. The van der Waals surface area contributed by atoms with Gasteiger partial charge in [0.1, 0.15) is 0 Å². The topological polar surface area (TPSA) is 23.8 Å². The molecule has 0 heterocycles. The molecule has 0 aliphatic heterocycles. The van der Waals surface area contributed by atoms with Crippen LogP contribution in [-0.2, 0) is 0 Å². The van der Waals surface area contributed by atoms with Crippen molar-refractivity contribution in [1.82, 2.24) is 0 Å². The number of nitriles is 1. The van der Waals surface area contributed by atoms with Gasteiger partial charge >= 0.3 is 0 Å². The Balaban J connectivity index is 1.67. The Kier molecular flexibility index (Phi) is 3.60. The van der Waals surface area contributed by atoms with Crippen LogP contribution in [0.3, 0.4) is 0 Å². The summed E-state index contributed by atoms with van der Waals surface area (Å²) in [7, 11) is 0. The predicted molar refractivity (Wildman–Crippen MR) is 124 cm³/mol. The van der Waals surface area contributed by atoms with Crippen LogP contribution in [0.15, 0.2) is 103 Å². The zero-order valence-electron chi connectivity index (χ0n) is 16.3. The number of nitrogens with zero attached hydrogens (tertiary/aromatic N) is 1. The van der Waals surface area contributed by atoms with Crippen molar-refractivity contribution < 1.29 is 0 Å². The Morgan fingerprint density at radius 1 is 0.400 bits per heavy atom. The van der Waals surface area contributed by atoms with Crippen molar-refractivity contribution >= 4 is 10.8 Å². The molecule has 5 aromatic rings. The van der Waals surface area contributed by atoms with E-state index in [9.17, 15) is 5.26 Å². The highest BCUT2D eigenvalue weighted by molar-refractivity contribution is 6.19.